The van der Waals surface area contributed by atoms with E-state index in [0.717, 1.165) is 25.7 Å². The monoisotopic (exact) mass is 357 g/mol. The van der Waals surface area contributed by atoms with Crippen LogP contribution in [0.5, 0.6) is 5.75 Å². The fourth-order valence-corrected chi connectivity index (χ4v) is 5.39. The molecule has 0 amide bonds. The van der Waals surface area contributed by atoms with Gasteiger partial charge in [0.2, 0.25) is 9.84 Å². The van der Waals surface area contributed by atoms with Crippen molar-refractivity contribution in [3.05, 3.63) is 28.7 Å². The number of nitrogens with two attached hydrogens (primary N) is 1. The second-order valence-corrected chi connectivity index (χ2v) is 9.22. The van der Waals surface area contributed by atoms with Crippen LogP contribution >= 0.6 is 0 Å². The van der Waals surface area contributed by atoms with Crippen molar-refractivity contribution >= 4 is 26.2 Å². The lowest BCUT2D eigenvalue weighted by Crippen LogP contribution is -2.19. The summed E-state index contributed by atoms with van der Waals surface area (Å²) in [5.41, 5.74) is 0.567. The summed E-state index contributed by atoms with van der Waals surface area (Å²) in [5.74, 6) is 0.307. The molecule has 1 aliphatic heterocycles. The van der Waals surface area contributed by atoms with Gasteiger partial charge in [0.25, 0.3) is 0 Å². The molecule has 0 unspecified atom stereocenters. The quantitative estimate of drug-likeness (QED) is 0.891. The zero-order chi connectivity index (χ0) is 16.7. The van der Waals surface area contributed by atoms with E-state index in [-0.39, 0.29) is 10.6 Å². The van der Waals surface area contributed by atoms with E-state index in [1.807, 2.05) is 0 Å². The van der Waals surface area contributed by atoms with Crippen LogP contribution in [0.25, 0.3) is 6.08 Å². The van der Waals surface area contributed by atoms with Gasteiger partial charge in [0.1, 0.15) is 5.75 Å². The average Bonchev–Trinajstić information content (AvgIpc) is 2.70. The number of rotatable bonds is 4. The first-order chi connectivity index (χ1) is 10.8. The van der Waals surface area contributed by atoms with Crippen molar-refractivity contribution in [2.24, 2.45) is 11.1 Å². The van der Waals surface area contributed by atoms with Gasteiger partial charge in [-0.3, -0.25) is 0 Å². The minimum absolute atomic E-state index is 0.0875. The molecule has 1 aliphatic carbocycles. The van der Waals surface area contributed by atoms with E-state index in [4.69, 9.17) is 5.14 Å². The van der Waals surface area contributed by atoms with Crippen LogP contribution in [0.3, 0.4) is 0 Å². The van der Waals surface area contributed by atoms with Crippen LogP contribution in [0, 0.1) is 5.92 Å². The van der Waals surface area contributed by atoms with Gasteiger partial charge in [-0.05, 0) is 36.1 Å². The largest absolute Gasteiger partial charge is 0.380 e. The molecule has 0 aromatic heterocycles. The molecule has 2 aliphatic rings. The lowest BCUT2D eigenvalue weighted by molar-refractivity contribution is 0.359. The SMILES string of the molecule is NS(=O)(=O)Oc1ccc2c(c1)S(=O)(=O)C(CC1CCCCC1)=C2. The van der Waals surface area contributed by atoms with Crippen molar-refractivity contribution in [2.75, 3.05) is 0 Å². The molecule has 0 bridgehead atoms. The molecule has 126 valence electrons. The standard InChI is InChI=1S/C15H19NO5S2/c16-23(19,20)21-13-7-6-12-9-14(22(17,18)15(12)10-13)8-11-4-2-1-3-5-11/h6-7,9-11H,1-5,8H2,(H2,16,19,20). The molecule has 1 saturated carbocycles. The Kier molecular flexibility index (Phi) is 4.24. The predicted octanol–water partition coefficient (Wildman–Crippen LogP) is 2.37. The van der Waals surface area contributed by atoms with Crippen LogP contribution in [0.2, 0.25) is 0 Å². The van der Waals surface area contributed by atoms with Gasteiger partial charge >= 0.3 is 10.3 Å². The van der Waals surface area contributed by atoms with Crippen molar-refractivity contribution < 1.29 is 21.0 Å². The van der Waals surface area contributed by atoms with Crippen molar-refractivity contribution in [3.8, 4) is 5.75 Å². The summed E-state index contributed by atoms with van der Waals surface area (Å²) in [6.07, 6.45) is 7.86. The molecule has 23 heavy (non-hydrogen) atoms. The van der Waals surface area contributed by atoms with Crippen molar-refractivity contribution in [2.45, 2.75) is 43.4 Å². The first kappa shape index (κ1) is 16.5. The van der Waals surface area contributed by atoms with Crippen molar-refractivity contribution in [1.82, 2.24) is 0 Å². The zero-order valence-corrected chi connectivity index (χ0v) is 14.2. The number of hydrogen-bond donors (Lipinski definition) is 1. The van der Waals surface area contributed by atoms with Crippen LogP contribution in [-0.4, -0.2) is 16.8 Å². The van der Waals surface area contributed by atoms with Crippen molar-refractivity contribution in [3.63, 3.8) is 0 Å². The summed E-state index contributed by atoms with van der Waals surface area (Å²) in [4.78, 5) is 0.497. The first-order valence-corrected chi connectivity index (χ1v) is 10.5. The number of sulfone groups is 1. The molecule has 1 aromatic rings. The highest BCUT2D eigenvalue weighted by atomic mass is 32.2. The molecule has 6 nitrogen and oxygen atoms in total. The molecule has 1 heterocycles. The lowest BCUT2D eigenvalue weighted by atomic mass is 9.87. The Morgan fingerprint density at radius 2 is 1.87 bits per heavy atom. The van der Waals surface area contributed by atoms with Gasteiger partial charge in [-0.15, -0.1) is 0 Å². The minimum Gasteiger partial charge on any atom is -0.371 e. The third-order valence-corrected chi connectivity index (χ3v) is 6.70. The molecule has 0 atom stereocenters. The van der Waals surface area contributed by atoms with E-state index in [9.17, 15) is 16.8 Å². The smallest absolute Gasteiger partial charge is 0.371 e. The molecular weight excluding hydrogens is 338 g/mol. The van der Waals surface area contributed by atoms with Gasteiger partial charge in [-0.1, -0.05) is 32.1 Å². The number of benzene rings is 1. The van der Waals surface area contributed by atoms with Gasteiger partial charge in [0.05, 0.1) is 9.80 Å². The Bertz CT molecular complexity index is 850. The molecule has 0 saturated heterocycles. The number of fused-ring (bicyclic) bond motifs is 1. The van der Waals surface area contributed by atoms with Crippen LogP contribution in [0.4, 0.5) is 0 Å². The maximum atomic E-state index is 12.7. The second kappa shape index (κ2) is 5.92. The van der Waals surface area contributed by atoms with E-state index >= 15 is 0 Å². The summed E-state index contributed by atoms with van der Waals surface area (Å²) in [5, 5.41) is 4.82. The van der Waals surface area contributed by atoms with E-state index in [1.54, 1.807) is 12.1 Å². The average molecular weight is 357 g/mol. The van der Waals surface area contributed by atoms with Gasteiger partial charge in [-0.2, -0.15) is 13.6 Å². The molecule has 1 fully saturated rings. The molecule has 0 radical (unpaired) electrons. The molecule has 3 rings (SSSR count). The Balaban J connectivity index is 1.86. The Morgan fingerprint density at radius 1 is 1.17 bits per heavy atom. The third-order valence-electron chi connectivity index (χ3n) is 4.36. The number of hydrogen-bond acceptors (Lipinski definition) is 5. The van der Waals surface area contributed by atoms with E-state index < -0.39 is 20.1 Å². The summed E-state index contributed by atoms with van der Waals surface area (Å²) in [6, 6.07) is 4.17. The maximum absolute atomic E-state index is 12.7. The highest BCUT2D eigenvalue weighted by Gasteiger charge is 2.32. The Hall–Kier alpha value is -1.38. The van der Waals surface area contributed by atoms with E-state index in [0.29, 0.717) is 22.8 Å². The van der Waals surface area contributed by atoms with Gasteiger partial charge in [0.15, 0.2) is 0 Å². The predicted molar refractivity (Wildman–Crippen MR) is 86.5 cm³/mol. The Morgan fingerprint density at radius 3 is 2.52 bits per heavy atom. The molecule has 2 N–H and O–H groups in total. The van der Waals surface area contributed by atoms with Gasteiger partial charge in [-0.25, -0.2) is 8.42 Å². The van der Waals surface area contributed by atoms with Crippen LogP contribution in [0.15, 0.2) is 28.0 Å². The van der Waals surface area contributed by atoms with Crippen molar-refractivity contribution in [1.29, 1.82) is 0 Å². The summed E-state index contributed by atoms with van der Waals surface area (Å²) in [7, 11) is -7.76. The first-order valence-electron chi connectivity index (χ1n) is 7.58. The molecule has 0 spiro atoms. The fourth-order valence-electron chi connectivity index (χ4n) is 3.29. The third kappa shape index (κ3) is 3.59. The Labute approximate surface area is 136 Å². The van der Waals surface area contributed by atoms with Crippen LogP contribution in [-0.2, 0) is 20.1 Å². The minimum atomic E-state index is -4.18. The zero-order valence-electron chi connectivity index (χ0n) is 12.6. The molecule has 8 heteroatoms. The van der Waals surface area contributed by atoms with Gasteiger partial charge < -0.3 is 4.18 Å². The summed E-state index contributed by atoms with van der Waals surface area (Å²) < 4.78 is 51.9. The van der Waals surface area contributed by atoms with Crippen LogP contribution in [0.1, 0.15) is 44.1 Å². The fraction of sp³-hybridized carbons (Fsp3) is 0.467. The van der Waals surface area contributed by atoms with Gasteiger partial charge in [0, 0.05) is 6.07 Å². The van der Waals surface area contributed by atoms with E-state index in [1.165, 1.54) is 18.6 Å². The summed E-state index contributed by atoms with van der Waals surface area (Å²) >= 11 is 0. The highest BCUT2D eigenvalue weighted by Crippen LogP contribution is 2.40. The van der Waals surface area contributed by atoms with Crippen LogP contribution < -0.4 is 9.32 Å². The highest BCUT2D eigenvalue weighted by molar-refractivity contribution is 7.95. The molecular formula is C15H19NO5S2. The molecule has 1 aromatic carbocycles. The summed E-state index contributed by atoms with van der Waals surface area (Å²) in [6.45, 7) is 0. The van der Waals surface area contributed by atoms with E-state index in [2.05, 4.69) is 4.18 Å². The number of allylic oxidation sites excluding steroid dienone is 1. The second-order valence-electron chi connectivity index (χ2n) is 6.10. The lowest BCUT2D eigenvalue weighted by Gasteiger charge is -2.21. The topological polar surface area (TPSA) is 104 Å². The maximum Gasteiger partial charge on any atom is 0.380 e. The normalized spacial score (nSPS) is 20.8.